The predicted octanol–water partition coefficient (Wildman–Crippen LogP) is 7.62. The van der Waals surface area contributed by atoms with Crippen molar-refractivity contribution in [1.29, 1.82) is 0 Å². The molecule has 0 spiro atoms. The summed E-state index contributed by atoms with van der Waals surface area (Å²) in [5.74, 6) is -3.21. The van der Waals surface area contributed by atoms with E-state index in [-0.39, 0.29) is 33.4 Å². The van der Waals surface area contributed by atoms with E-state index < -0.39 is 40.5 Å². The topological polar surface area (TPSA) is 152 Å². The number of fused-ring (bicyclic) bond motifs is 2. The summed E-state index contributed by atoms with van der Waals surface area (Å²) in [6, 6.07) is 2.33. The van der Waals surface area contributed by atoms with Crippen molar-refractivity contribution in [3.63, 3.8) is 0 Å². The normalized spacial score (nSPS) is 15.2. The average Bonchev–Trinajstić information content (AvgIpc) is 3.46. The van der Waals surface area contributed by atoms with E-state index in [1.54, 1.807) is 0 Å². The Morgan fingerprint density at radius 1 is 0.690 bits per heavy atom. The molecule has 42 heavy (non-hydrogen) atoms. The molecule has 8 nitrogen and oxygen atoms in total. The third kappa shape index (κ3) is 8.14. The summed E-state index contributed by atoms with van der Waals surface area (Å²) in [7, 11) is 0. The Balaban J connectivity index is 0.000000232. The number of rotatable bonds is 13. The van der Waals surface area contributed by atoms with Crippen LogP contribution in [0.2, 0.25) is 0 Å². The highest BCUT2D eigenvalue weighted by atomic mass is 16.4. The number of allylic oxidation sites excluding steroid dienone is 2. The van der Waals surface area contributed by atoms with Crippen LogP contribution in [0.3, 0.4) is 0 Å². The third-order valence-electron chi connectivity index (χ3n) is 8.18. The molecule has 2 aromatic rings. The zero-order chi connectivity index (χ0) is 30.8. The number of hydrogen-bond donors (Lipinski definition) is 5. The number of carboxylic acids is 1. The standard InChI is InChI=1S/C18H32O2.C16H12O6/c19-18(20)16-10-8-6-4-2-1-3-5-7-9-13-17-14-11-12-15-17;1-5-3-7(17)9-11(13(5)19)15(21)10-8(18)4-6(2)14(20)12(10)16(9)22/h11,14,17H,1-10,12-13,15-16H2,(H,19,20);3-4,17-20H,1-2H3. The third-order valence-corrected chi connectivity index (χ3v) is 8.18. The molecular weight excluding hydrogens is 536 g/mol. The van der Waals surface area contributed by atoms with Crippen LogP contribution in [0.25, 0.3) is 0 Å². The summed E-state index contributed by atoms with van der Waals surface area (Å²) >= 11 is 0. The Morgan fingerprint density at radius 3 is 1.52 bits per heavy atom. The van der Waals surface area contributed by atoms with Crippen molar-refractivity contribution in [1.82, 2.24) is 0 Å². The lowest BCUT2D eigenvalue weighted by molar-refractivity contribution is -0.137. The lowest BCUT2D eigenvalue weighted by Gasteiger charge is -2.22. The van der Waals surface area contributed by atoms with E-state index >= 15 is 0 Å². The number of carbonyl (C=O) groups excluding carboxylic acids is 2. The molecule has 0 saturated heterocycles. The zero-order valence-electron chi connectivity index (χ0n) is 24.7. The van der Waals surface area contributed by atoms with Gasteiger partial charge in [0.05, 0.1) is 22.3 Å². The fraction of sp³-hybridized carbons (Fsp3) is 0.500. The second kappa shape index (κ2) is 15.4. The van der Waals surface area contributed by atoms with E-state index in [9.17, 15) is 34.8 Å². The molecule has 4 rings (SSSR count). The van der Waals surface area contributed by atoms with Gasteiger partial charge in [-0.1, -0.05) is 69.9 Å². The largest absolute Gasteiger partial charge is 0.507 e. The number of carboxylic acid groups (broad SMARTS) is 1. The highest BCUT2D eigenvalue weighted by Gasteiger charge is 2.39. The fourth-order valence-corrected chi connectivity index (χ4v) is 5.76. The lowest BCUT2D eigenvalue weighted by Crippen LogP contribution is -2.22. The van der Waals surface area contributed by atoms with Gasteiger partial charge < -0.3 is 25.5 Å². The minimum atomic E-state index is -0.825. The predicted molar refractivity (Wildman–Crippen MR) is 161 cm³/mol. The van der Waals surface area contributed by atoms with Crippen molar-refractivity contribution in [2.24, 2.45) is 5.92 Å². The maximum Gasteiger partial charge on any atom is 0.303 e. The molecule has 0 fully saturated rings. The summed E-state index contributed by atoms with van der Waals surface area (Å²) < 4.78 is 0. The maximum absolute atomic E-state index is 12.6. The molecule has 1 atom stereocenters. The quantitative estimate of drug-likeness (QED) is 0.0786. The van der Waals surface area contributed by atoms with E-state index in [0.717, 1.165) is 30.9 Å². The van der Waals surface area contributed by atoms with Crippen LogP contribution in [0.15, 0.2) is 24.3 Å². The van der Waals surface area contributed by atoms with E-state index in [2.05, 4.69) is 12.2 Å². The van der Waals surface area contributed by atoms with Crippen LogP contribution in [0.5, 0.6) is 23.0 Å². The van der Waals surface area contributed by atoms with Crippen LogP contribution in [-0.4, -0.2) is 43.1 Å². The SMILES string of the molecule is Cc1cc(O)c2c(c1O)C(=O)c1c(O)cc(C)c(O)c1C2=O.O=C(O)CCCCCCCCCCCCC1C=CCC1. The number of carbonyl (C=O) groups is 3. The van der Waals surface area contributed by atoms with Crippen LogP contribution >= 0.6 is 0 Å². The van der Waals surface area contributed by atoms with Crippen LogP contribution in [0.4, 0.5) is 0 Å². The van der Waals surface area contributed by atoms with Gasteiger partial charge in [-0.15, -0.1) is 0 Å². The van der Waals surface area contributed by atoms with Crippen molar-refractivity contribution in [3.8, 4) is 23.0 Å². The first-order valence-corrected chi connectivity index (χ1v) is 15.1. The van der Waals surface area contributed by atoms with Crippen molar-refractivity contribution in [2.45, 2.75) is 104 Å². The monoisotopic (exact) mass is 580 g/mol. The molecule has 2 aliphatic rings. The van der Waals surface area contributed by atoms with Crippen molar-refractivity contribution in [3.05, 3.63) is 57.7 Å². The van der Waals surface area contributed by atoms with Gasteiger partial charge in [-0.05, 0) is 68.7 Å². The number of aromatic hydroxyl groups is 4. The van der Waals surface area contributed by atoms with Gasteiger partial charge >= 0.3 is 5.97 Å². The summed E-state index contributed by atoms with van der Waals surface area (Å²) in [4.78, 5) is 35.5. The van der Waals surface area contributed by atoms with Gasteiger partial charge in [0.2, 0.25) is 11.6 Å². The molecule has 228 valence electrons. The molecule has 0 aromatic heterocycles. The number of ketones is 2. The van der Waals surface area contributed by atoms with Gasteiger partial charge in [0, 0.05) is 6.42 Å². The Hall–Kier alpha value is -3.81. The first-order chi connectivity index (χ1) is 20.0. The molecule has 0 aliphatic heterocycles. The molecule has 0 radical (unpaired) electrons. The minimum absolute atomic E-state index is 0.219. The number of unbranched alkanes of at least 4 members (excludes halogenated alkanes) is 9. The Bertz CT molecular complexity index is 1250. The van der Waals surface area contributed by atoms with E-state index in [0.29, 0.717) is 6.42 Å². The minimum Gasteiger partial charge on any atom is -0.507 e. The van der Waals surface area contributed by atoms with Crippen LogP contribution < -0.4 is 0 Å². The van der Waals surface area contributed by atoms with Gasteiger partial charge in [0.15, 0.2) is 0 Å². The fourth-order valence-electron chi connectivity index (χ4n) is 5.76. The number of aliphatic carboxylic acids is 1. The van der Waals surface area contributed by atoms with Gasteiger partial charge in [-0.25, -0.2) is 0 Å². The number of hydrogen-bond acceptors (Lipinski definition) is 7. The van der Waals surface area contributed by atoms with Crippen LogP contribution in [-0.2, 0) is 4.79 Å². The maximum atomic E-state index is 12.6. The van der Waals surface area contributed by atoms with Gasteiger partial charge in [-0.3, -0.25) is 14.4 Å². The Kier molecular flexibility index (Phi) is 12.0. The lowest BCUT2D eigenvalue weighted by atomic mass is 9.80. The van der Waals surface area contributed by atoms with Crippen LogP contribution in [0, 0.1) is 19.8 Å². The Morgan fingerprint density at radius 2 is 1.12 bits per heavy atom. The second-order valence-corrected chi connectivity index (χ2v) is 11.5. The molecule has 2 aromatic carbocycles. The summed E-state index contributed by atoms with van der Waals surface area (Å²) in [5, 5.41) is 48.6. The summed E-state index contributed by atoms with van der Waals surface area (Å²) in [6.07, 6.45) is 21.9. The van der Waals surface area contributed by atoms with Gasteiger partial charge in [0.1, 0.15) is 23.0 Å². The molecule has 1 unspecified atom stereocenters. The number of benzene rings is 2. The van der Waals surface area contributed by atoms with Crippen molar-refractivity contribution in [2.75, 3.05) is 0 Å². The number of aryl methyl sites for hydroxylation is 2. The van der Waals surface area contributed by atoms with Crippen LogP contribution in [0.1, 0.15) is 133 Å². The summed E-state index contributed by atoms with van der Waals surface area (Å²) in [6.45, 7) is 2.93. The molecule has 0 amide bonds. The van der Waals surface area contributed by atoms with Gasteiger partial charge in [-0.2, -0.15) is 0 Å². The first kappa shape index (κ1) is 32.7. The summed E-state index contributed by atoms with van der Waals surface area (Å²) in [5.41, 5.74) is -1.04. The Labute approximate surface area is 247 Å². The van der Waals surface area contributed by atoms with Crippen molar-refractivity contribution >= 4 is 17.5 Å². The average molecular weight is 581 g/mol. The molecule has 0 heterocycles. The van der Waals surface area contributed by atoms with Gasteiger partial charge in [0.25, 0.3) is 0 Å². The molecule has 5 N–H and O–H groups in total. The first-order valence-electron chi connectivity index (χ1n) is 15.1. The smallest absolute Gasteiger partial charge is 0.303 e. The highest BCUT2D eigenvalue weighted by Crippen LogP contribution is 2.45. The van der Waals surface area contributed by atoms with E-state index in [1.807, 2.05) is 0 Å². The molecule has 0 saturated carbocycles. The molecule has 2 aliphatic carbocycles. The number of phenolic OH excluding ortho intramolecular Hbond substituents is 4. The molecule has 0 bridgehead atoms. The number of phenols is 4. The van der Waals surface area contributed by atoms with E-state index in [4.69, 9.17) is 5.11 Å². The second-order valence-electron chi connectivity index (χ2n) is 11.5. The van der Waals surface area contributed by atoms with Crippen molar-refractivity contribution < 1.29 is 39.9 Å². The molecular formula is C34H44O8. The molecule has 8 heteroatoms. The van der Waals surface area contributed by atoms with E-state index in [1.165, 1.54) is 84.5 Å². The highest BCUT2D eigenvalue weighted by molar-refractivity contribution is 6.32. The zero-order valence-corrected chi connectivity index (χ0v) is 24.7.